The normalized spacial score (nSPS) is 28.1. The summed E-state index contributed by atoms with van der Waals surface area (Å²) in [7, 11) is 0. The molecule has 0 aromatic heterocycles. The molecule has 0 aromatic carbocycles. The molecule has 0 amide bonds. The van der Waals surface area contributed by atoms with Crippen LogP contribution in [0, 0.1) is 11.8 Å². The zero-order valence-corrected chi connectivity index (χ0v) is 15.3. The van der Waals surface area contributed by atoms with Gasteiger partial charge >= 0.3 is 0 Å². The van der Waals surface area contributed by atoms with E-state index in [1.54, 1.807) is 0 Å². The highest BCUT2D eigenvalue weighted by Gasteiger charge is 2.25. The molecular formula is C21H39N. The van der Waals surface area contributed by atoms with Crippen molar-refractivity contribution in [3.05, 3.63) is 11.1 Å². The van der Waals surface area contributed by atoms with Crippen molar-refractivity contribution >= 4 is 0 Å². The van der Waals surface area contributed by atoms with E-state index in [9.17, 15) is 0 Å². The van der Waals surface area contributed by atoms with Crippen molar-refractivity contribution in [2.45, 2.75) is 97.3 Å². The predicted molar refractivity (Wildman–Crippen MR) is 98.2 cm³/mol. The summed E-state index contributed by atoms with van der Waals surface area (Å²) in [6.45, 7) is 7.14. The van der Waals surface area contributed by atoms with Crippen molar-refractivity contribution < 1.29 is 0 Å². The van der Waals surface area contributed by atoms with E-state index < -0.39 is 0 Å². The summed E-state index contributed by atoms with van der Waals surface area (Å²) in [6.07, 6.45) is 18.6. The molecule has 0 fully saturated rings. The molecule has 2 unspecified atom stereocenters. The van der Waals surface area contributed by atoms with Crippen LogP contribution in [0.5, 0.6) is 0 Å². The fourth-order valence-corrected chi connectivity index (χ4v) is 4.69. The second-order valence-electron chi connectivity index (χ2n) is 7.65. The molecule has 1 aliphatic heterocycles. The quantitative estimate of drug-likeness (QED) is 0.592. The van der Waals surface area contributed by atoms with Crippen LogP contribution in [0.3, 0.4) is 0 Å². The lowest BCUT2D eigenvalue weighted by molar-refractivity contribution is 0.418. The molecule has 2 rings (SSSR count). The van der Waals surface area contributed by atoms with Crippen molar-refractivity contribution in [1.29, 1.82) is 0 Å². The average molecular weight is 306 g/mol. The van der Waals surface area contributed by atoms with E-state index in [-0.39, 0.29) is 0 Å². The number of rotatable bonds is 5. The summed E-state index contributed by atoms with van der Waals surface area (Å²) in [5, 5.41) is 3.69. The number of unbranched alkanes of at least 4 members (excludes halogenated alkanes) is 1. The molecule has 22 heavy (non-hydrogen) atoms. The van der Waals surface area contributed by atoms with Crippen molar-refractivity contribution in [3.63, 3.8) is 0 Å². The van der Waals surface area contributed by atoms with Gasteiger partial charge in [0.2, 0.25) is 0 Å². The molecule has 2 aliphatic rings. The average Bonchev–Trinajstić information content (AvgIpc) is 2.58. The van der Waals surface area contributed by atoms with Crippen molar-refractivity contribution in [1.82, 2.24) is 5.32 Å². The van der Waals surface area contributed by atoms with Crippen LogP contribution in [0.25, 0.3) is 0 Å². The first-order valence-corrected chi connectivity index (χ1v) is 10.3. The van der Waals surface area contributed by atoms with Crippen LogP contribution in [0.1, 0.15) is 97.3 Å². The smallest absolute Gasteiger partial charge is 0.0170 e. The van der Waals surface area contributed by atoms with E-state index in [0.29, 0.717) is 0 Å². The maximum atomic E-state index is 3.69. The lowest BCUT2D eigenvalue weighted by Crippen LogP contribution is -2.31. The topological polar surface area (TPSA) is 12.0 Å². The van der Waals surface area contributed by atoms with Gasteiger partial charge in [0.15, 0.2) is 0 Å². The van der Waals surface area contributed by atoms with E-state index in [1.165, 1.54) is 96.6 Å². The van der Waals surface area contributed by atoms with E-state index in [2.05, 4.69) is 19.2 Å². The van der Waals surface area contributed by atoms with Gasteiger partial charge in [-0.05, 0) is 50.5 Å². The summed E-state index contributed by atoms with van der Waals surface area (Å²) in [6, 6.07) is 0. The van der Waals surface area contributed by atoms with Gasteiger partial charge in [0.1, 0.15) is 0 Å². The van der Waals surface area contributed by atoms with E-state index in [1.807, 2.05) is 11.1 Å². The summed E-state index contributed by atoms with van der Waals surface area (Å²) in [5.41, 5.74) is 3.77. The number of nitrogens with one attached hydrogen (secondary N) is 1. The summed E-state index contributed by atoms with van der Waals surface area (Å²) in [5.74, 6) is 1.80. The Bertz CT molecular complexity index is 331. The minimum absolute atomic E-state index is 0.884. The molecule has 1 heterocycles. The van der Waals surface area contributed by atoms with E-state index in [4.69, 9.17) is 0 Å². The minimum atomic E-state index is 0.884. The first kappa shape index (κ1) is 18.0. The van der Waals surface area contributed by atoms with Crippen LogP contribution >= 0.6 is 0 Å². The first-order valence-electron chi connectivity index (χ1n) is 10.3. The molecule has 1 heteroatoms. The highest BCUT2D eigenvalue weighted by atomic mass is 14.9. The third kappa shape index (κ3) is 5.41. The molecule has 1 nitrogen and oxygen atoms in total. The van der Waals surface area contributed by atoms with Gasteiger partial charge in [0.05, 0.1) is 0 Å². The third-order valence-electron chi connectivity index (χ3n) is 5.93. The fourth-order valence-electron chi connectivity index (χ4n) is 4.69. The Morgan fingerprint density at radius 1 is 0.818 bits per heavy atom. The lowest BCUT2D eigenvalue weighted by atomic mass is 9.77. The molecule has 0 aromatic rings. The first-order chi connectivity index (χ1) is 10.9. The second-order valence-corrected chi connectivity index (χ2v) is 7.65. The monoisotopic (exact) mass is 305 g/mol. The molecule has 0 saturated heterocycles. The lowest BCUT2D eigenvalue weighted by Gasteiger charge is -2.32. The van der Waals surface area contributed by atoms with Gasteiger partial charge in [0, 0.05) is 6.54 Å². The Kier molecular flexibility index (Phi) is 8.59. The van der Waals surface area contributed by atoms with Gasteiger partial charge in [-0.2, -0.15) is 0 Å². The molecule has 0 radical (unpaired) electrons. The molecular weight excluding hydrogens is 266 g/mol. The van der Waals surface area contributed by atoms with Crippen LogP contribution in [0.2, 0.25) is 0 Å². The van der Waals surface area contributed by atoms with Gasteiger partial charge in [-0.15, -0.1) is 0 Å². The number of hydrogen-bond acceptors (Lipinski definition) is 1. The van der Waals surface area contributed by atoms with Gasteiger partial charge in [-0.25, -0.2) is 0 Å². The van der Waals surface area contributed by atoms with Gasteiger partial charge < -0.3 is 5.32 Å². The SMILES string of the molecule is CCCCC1CCCCCCCC(CCC)C2=C1CCNC2. The molecule has 2 atom stereocenters. The maximum absolute atomic E-state index is 3.69. The zero-order chi connectivity index (χ0) is 15.6. The largest absolute Gasteiger partial charge is 0.313 e. The van der Waals surface area contributed by atoms with Gasteiger partial charge in [0.25, 0.3) is 0 Å². The highest BCUT2D eigenvalue weighted by Crippen LogP contribution is 2.37. The van der Waals surface area contributed by atoms with Crippen LogP contribution in [-0.4, -0.2) is 13.1 Å². The minimum Gasteiger partial charge on any atom is -0.313 e. The Labute approximate surface area is 139 Å². The Hall–Kier alpha value is -0.300. The molecule has 128 valence electrons. The van der Waals surface area contributed by atoms with Crippen LogP contribution in [0.15, 0.2) is 11.1 Å². The van der Waals surface area contributed by atoms with Crippen LogP contribution < -0.4 is 5.32 Å². The number of hydrogen-bond donors (Lipinski definition) is 1. The third-order valence-corrected chi connectivity index (χ3v) is 5.93. The van der Waals surface area contributed by atoms with Crippen molar-refractivity contribution in [3.8, 4) is 0 Å². The van der Waals surface area contributed by atoms with Crippen molar-refractivity contribution in [2.24, 2.45) is 11.8 Å². The van der Waals surface area contributed by atoms with Gasteiger partial charge in [-0.1, -0.05) is 76.4 Å². The molecule has 1 N–H and O–H groups in total. The molecule has 0 spiro atoms. The maximum Gasteiger partial charge on any atom is 0.0170 e. The Morgan fingerprint density at radius 2 is 1.50 bits per heavy atom. The standard InChI is InChI=1S/C21H39N/c1-3-5-12-19-14-10-8-6-7-9-13-18(11-4-2)21-17-22-16-15-20(19)21/h18-19,22H,3-17H2,1-2H3. The highest BCUT2D eigenvalue weighted by molar-refractivity contribution is 5.24. The molecule has 1 aliphatic carbocycles. The molecule has 0 bridgehead atoms. The van der Waals surface area contributed by atoms with E-state index >= 15 is 0 Å². The Balaban J connectivity index is 2.21. The second kappa shape index (κ2) is 10.5. The van der Waals surface area contributed by atoms with Gasteiger partial charge in [-0.3, -0.25) is 0 Å². The molecule has 0 saturated carbocycles. The summed E-state index contributed by atoms with van der Waals surface area (Å²) in [4.78, 5) is 0. The van der Waals surface area contributed by atoms with Crippen molar-refractivity contribution in [2.75, 3.05) is 13.1 Å². The zero-order valence-electron chi connectivity index (χ0n) is 15.3. The summed E-state index contributed by atoms with van der Waals surface area (Å²) >= 11 is 0. The van der Waals surface area contributed by atoms with E-state index in [0.717, 1.165) is 11.8 Å². The fraction of sp³-hybridized carbons (Fsp3) is 0.905. The van der Waals surface area contributed by atoms with Crippen LogP contribution in [-0.2, 0) is 0 Å². The predicted octanol–water partition coefficient (Wildman–Crippen LogP) is 6.24. The van der Waals surface area contributed by atoms with Crippen LogP contribution in [0.4, 0.5) is 0 Å². The Morgan fingerprint density at radius 3 is 2.18 bits per heavy atom. The summed E-state index contributed by atoms with van der Waals surface area (Å²) < 4.78 is 0.